The summed E-state index contributed by atoms with van der Waals surface area (Å²) in [5.74, 6) is 0.533. The molecule has 1 aromatic carbocycles. The van der Waals surface area contributed by atoms with Crippen LogP contribution in [0.15, 0.2) is 71.7 Å². The summed E-state index contributed by atoms with van der Waals surface area (Å²) >= 11 is 0. The normalized spacial score (nSPS) is 10.7. The topological polar surface area (TPSA) is 80.9 Å². The maximum absolute atomic E-state index is 12.4. The standard InChI is InChI=1S/C19H14N4O2/c24-19(14-3-4-15-16(11-14)22-8-7-21-15)23-12-13-5-6-20-17(10-13)18-2-1-9-25-18/h1-11H,12H2,(H,23,24). The third kappa shape index (κ3) is 3.23. The van der Waals surface area contributed by atoms with Crippen molar-refractivity contribution in [2.24, 2.45) is 0 Å². The molecule has 0 fully saturated rings. The molecule has 3 aromatic heterocycles. The second kappa shape index (κ2) is 6.52. The number of amides is 1. The molecule has 0 aliphatic rings. The molecule has 0 atom stereocenters. The van der Waals surface area contributed by atoms with E-state index in [4.69, 9.17) is 4.42 Å². The molecule has 4 aromatic rings. The lowest BCUT2D eigenvalue weighted by Crippen LogP contribution is -2.22. The number of hydrogen-bond donors (Lipinski definition) is 1. The average Bonchev–Trinajstić information content (AvgIpc) is 3.21. The van der Waals surface area contributed by atoms with Gasteiger partial charge in [-0.15, -0.1) is 0 Å². The van der Waals surface area contributed by atoms with E-state index in [1.165, 1.54) is 0 Å². The Bertz CT molecular complexity index is 1030. The summed E-state index contributed by atoms with van der Waals surface area (Å²) in [6.07, 6.45) is 6.54. The number of hydrogen-bond acceptors (Lipinski definition) is 5. The second-order valence-corrected chi connectivity index (χ2v) is 5.47. The number of rotatable bonds is 4. The maximum Gasteiger partial charge on any atom is 0.251 e. The van der Waals surface area contributed by atoms with Crippen molar-refractivity contribution in [3.05, 3.63) is 78.4 Å². The van der Waals surface area contributed by atoms with E-state index >= 15 is 0 Å². The fourth-order valence-corrected chi connectivity index (χ4v) is 2.53. The van der Waals surface area contributed by atoms with Crippen molar-refractivity contribution in [1.29, 1.82) is 0 Å². The smallest absolute Gasteiger partial charge is 0.251 e. The summed E-state index contributed by atoms with van der Waals surface area (Å²) in [6.45, 7) is 0.396. The molecule has 6 heteroatoms. The minimum Gasteiger partial charge on any atom is -0.463 e. The molecule has 0 radical (unpaired) electrons. The number of nitrogens with one attached hydrogen (secondary N) is 1. The summed E-state index contributed by atoms with van der Waals surface area (Å²) in [5.41, 5.74) is 3.68. The first kappa shape index (κ1) is 15.0. The van der Waals surface area contributed by atoms with E-state index in [1.807, 2.05) is 24.3 Å². The largest absolute Gasteiger partial charge is 0.463 e. The van der Waals surface area contributed by atoms with E-state index < -0.39 is 0 Å². The maximum atomic E-state index is 12.4. The van der Waals surface area contributed by atoms with Crippen LogP contribution in [0.5, 0.6) is 0 Å². The van der Waals surface area contributed by atoms with Gasteiger partial charge in [0, 0.05) is 30.7 Å². The van der Waals surface area contributed by atoms with Crippen LogP contribution in [-0.2, 0) is 6.54 Å². The third-order valence-electron chi connectivity index (χ3n) is 3.78. The zero-order valence-electron chi connectivity index (χ0n) is 13.2. The number of nitrogens with zero attached hydrogens (tertiary/aromatic N) is 3. The number of pyridine rings is 1. The van der Waals surface area contributed by atoms with Gasteiger partial charge in [-0.1, -0.05) is 0 Å². The predicted octanol–water partition coefficient (Wildman–Crippen LogP) is 3.21. The Balaban J connectivity index is 1.48. The van der Waals surface area contributed by atoms with Gasteiger partial charge in [-0.3, -0.25) is 19.7 Å². The number of carbonyl (C=O) groups is 1. The highest BCUT2D eigenvalue weighted by atomic mass is 16.3. The van der Waals surface area contributed by atoms with Crippen LogP contribution in [0, 0.1) is 0 Å². The van der Waals surface area contributed by atoms with E-state index in [0.717, 1.165) is 16.8 Å². The number of fused-ring (bicyclic) bond motifs is 1. The van der Waals surface area contributed by atoms with Crippen molar-refractivity contribution in [3.63, 3.8) is 0 Å². The van der Waals surface area contributed by atoms with Gasteiger partial charge in [0.15, 0.2) is 5.76 Å². The Morgan fingerprint density at radius 2 is 1.84 bits per heavy atom. The van der Waals surface area contributed by atoms with Gasteiger partial charge in [0.2, 0.25) is 0 Å². The third-order valence-corrected chi connectivity index (χ3v) is 3.78. The summed E-state index contributed by atoms with van der Waals surface area (Å²) in [7, 11) is 0. The van der Waals surface area contributed by atoms with E-state index in [0.29, 0.717) is 23.4 Å². The highest BCUT2D eigenvalue weighted by molar-refractivity contribution is 5.97. The molecular weight excluding hydrogens is 316 g/mol. The minimum atomic E-state index is -0.163. The summed E-state index contributed by atoms with van der Waals surface area (Å²) in [4.78, 5) is 25.1. The monoisotopic (exact) mass is 330 g/mol. The van der Waals surface area contributed by atoms with Crippen LogP contribution in [0.25, 0.3) is 22.5 Å². The molecule has 6 nitrogen and oxygen atoms in total. The SMILES string of the molecule is O=C(NCc1ccnc(-c2ccco2)c1)c1ccc2nccnc2c1. The zero-order valence-corrected chi connectivity index (χ0v) is 13.2. The Labute approximate surface area is 143 Å². The first-order valence-electron chi connectivity index (χ1n) is 7.77. The molecule has 1 N–H and O–H groups in total. The molecule has 0 aliphatic carbocycles. The van der Waals surface area contributed by atoms with Crippen LogP contribution >= 0.6 is 0 Å². The van der Waals surface area contributed by atoms with Crippen LogP contribution in [0.4, 0.5) is 0 Å². The van der Waals surface area contributed by atoms with Crippen LogP contribution in [0.2, 0.25) is 0 Å². The number of furan rings is 1. The summed E-state index contributed by atoms with van der Waals surface area (Å²) in [5, 5.41) is 2.91. The van der Waals surface area contributed by atoms with Crippen molar-refractivity contribution in [3.8, 4) is 11.5 Å². The fraction of sp³-hybridized carbons (Fsp3) is 0.0526. The first-order valence-corrected chi connectivity index (χ1v) is 7.77. The van der Waals surface area contributed by atoms with Crippen LogP contribution < -0.4 is 5.32 Å². The van der Waals surface area contributed by atoms with E-state index in [2.05, 4.69) is 20.3 Å². The molecule has 4 rings (SSSR count). The van der Waals surface area contributed by atoms with Crippen LogP contribution in [0.1, 0.15) is 15.9 Å². The molecule has 3 heterocycles. The van der Waals surface area contributed by atoms with Crippen molar-refractivity contribution < 1.29 is 9.21 Å². The van der Waals surface area contributed by atoms with Gasteiger partial charge in [0.25, 0.3) is 5.91 Å². The molecule has 1 amide bonds. The lowest BCUT2D eigenvalue weighted by atomic mass is 10.1. The van der Waals surface area contributed by atoms with Gasteiger partial charge in [-0.05, 0) is 48.0 Å². The van der Waals surface area contributed by atoms with Crippen molar-refractivity contribution in [2.45, 2.75) is 6.54 Å². The molecule has 0 bridgehead atoms. The number of carbonyl (C=O) groups excluding carboxylic acids is 1. The molecule has 122 valence electrons. The minimum absolute atomic E-state index is 0.163. The molecule has 0 spiro atoms. The molecule has 0 saturated heterocycles. The number of aromatic nitrogens is 3. The van der Waals surface area contributed by atoms with Gasteiger partial charge >= 0.3 is 0 Å². The average molecular weight is 330 g/mol. The Morgan fingerprint density at radius 1 is 0.960 bits per heavy atom. The number of benzene rings is 1. The van der Waals surface area contributed by atoms with Gasteiger partial charge in [-0.2, -0.15) is 0 Å². The molecule has 25 heavy (non-hydrogen) atoms. The predicted molar refractivity (Wildman–Crippen MR) is 92.6 cm³/mol. The van der Waals surface area contributed by atoms with Crippen LogP contribution in [0.3, 0.4) is 0 Å². The Hall–Kier alpha value is -3.54. The molecule has 0 unspecified atom stereocenters. The first-order chi connectivity index (χ1) is 12.3. The van der Waals surface area contributed by atoms with Crippen LogP contribution in [-0.4, -0.2) is 20.9 Å². The summed E-state index contributed by atoms with van der Waals surface area (Å²) < 4.78 is 5.35. The van der Waals surface area contributed by atoms with E-state index in [-0.39, 0.29) is 5.91 Å². The quantitative estimate of drug-likeness (QED) is 0.621. The van der Waals surface area contributed by atoms with Gasteiger partial charge in [-0.25, -0.2) is 0 Å². The molecular formula is C19H14N4O2. The van der Waals surface area contributed by atoms with Gasteiger partial charge in [0.05, 0.1) is 17.3 Å². The van der Waals surface area contributed by atoms with Crippen molar-refractivity contribution in [2.75, 3.05) is 0 Å². The van der Waals surface area contributed by atoms with Crippen molar-refractivity contribution >= 4 is 16.9 Å². The Kier molecular flexibility index (Phi) is 3.92. The zero-order chi connectivity index (χ0) is 17.1. The van der Waals surface area contributed by atoms with E-state index in [9.17, 15) is 4.79 Å². The summed E-state index contributed by atoms with van der Waals surface area (Å²) in [6, 6.07) is 12.7. The van der Waals surface area contributed by atoms with Gasteiger partial charge < -0.3 is 9.73 Å². The van der Waals surface area contributed by atoms with E-state index in [1.54, 1.807) is 43.1 Å². The lowest BCUT2D eigenvalue weighted by Gasteiger charge is -2.07. The van der Waals surface area contributed by atoms with Gasteiger partial charge in [0.1, 0.15) is 5.69 Å². The lowest BCUT2D eigenvalue weighted by molar-refractivity contribution is 0.0951. The highest BCUT2D eigenvalue weighted by Crippen LogP contribution is 2.18. The highest BCUT2D eigenvalue weighted by Gasteiger charge is 2.08. The molecule has 0 saturated carbocycles. The molecule has 0 aliphatic heterocycles. The second-order valence-electron chi connectivity index (χ2n) is 5.47. The van der Waals surface area contributed by atoms with Crippen molar-refractivity contribution in [1.82, 2.24) is 20.3 Å². The Morgan fingerprint density at radius 3 is 2.68 bits per heavy atom. The fourth-order valence-electron chi connectivity index (χ4n) is 2.53.